The number of aliphatic hydroxyl groups is 17. The van der Waals surface area contributed by atoms with Crippen molar-refractivity contribution in [2.45, 2.75) is 128 Å². The molecule has 0 bridgehead atoms. The van der Waals surface area contributed by atoms with Gasteiger partial charge in [0, 0.05) is 23.7 Å². The molecule has 5 saturated heterocycles. The van der Waals surface area contributed by atoms with E-state index in [2.05, 4.69) is 0 Å². The SMILES string of the molecule is OCC1OC(COCC2C(CO)OC(COCC3C(CO)OC(COCC4C(CO)OC(COCC5C(CO)OC(CO)C(O)C5O)C(O)C4O)C(O)C3O)C(O)C2O)C(O)C(O)C1O. The minimum atomic E-state index is -1.62. The molecule has 65 heavy (non-hydrogen) atoms. The Morgan fingerprint density at radius 1 is 0.215 bits per heavy atom. The van der Waals surface area contributed by atoms with Crippen molar-refractivity contribution in [2.24, 2.45) is 23.7 Å². The van der Waals surface area contributed by atoms with E-state index < -0.39 is 191 Å². The van der Waals surface area contributed by atoms with E-state index in [-0.39, 0.29) is 52.9 Å². The van der Waals surface area contributed by atoms with Crippen molar-refractivity contribution in [3.05, 3.63) is 0 Å². The molecule has 382 valence electrons. The molecule has 26 heteroatoms. The molecule has 5 aliphatic heterocycles. The number of hydrogen-bond acceptors (Lipinski definition) is 26. The van der Waals surface area contributed by atoms with E-state index in [0.29, 0.717) is 0 Å². The molecule has 0 aliphatic carbocycles. The molecule has 5 fully saturated rings. The highest BCUT2D eigenvalue weighted by molar-refractivity contribution is 4.97. The summed E-state index contributed by atoms with van der Waals surface area (Å²) < 4.78 is 50.9. The van der Waals surface area contributed by atoms with Gasteiger partial charge in [-0.3, -0.25) is 0 Å². The highest BCUT2D eigenvalue weighted by Crippen LogP contribution is 2.33. The van der Waals surface area contributed by atoms with Crippen molar-refractivity contribution in [1.82, 2.24) is 0 Å². The van der Waals surface area contributed by atoms with Gasteiger partial charge in [-0.1, -0.05) is 0 Å². The molecule has 5 heterocycles. The van der Waals surface area contributed by atoms with E-state index in [4.69, 9.17) is 42.6 Å². The second-order valence-corrected chi connectivity index (χ2v) is 17.4. The van der Waals surface area contributed by atoms with Gasteiger partial charge in [0.2, 0.25) is 0 Å². The Bertz CT molecular complexity index is 1350. The van der Waals surface area contributed by atoms with Crippen LogP contribution in [0, 0.1) is 23.7 Å². The van der Waals surface area contributed by atoms with Crippen LogP contribution >= 0.6 is 0 Å². The zero-order valence-electron chi connectivity index (χ0n) is 35.6. The van der Waals surface area contributed by atoms with Crippen LogP contribution in [0.5, 0.6) is 0 Å². The van der Waals surface area contributed by atoms with Gasteiger partial charge >= 0.3 is 0 Å². The van der Waals surface area contributed by atoms with Gasteiger partial charge in [-0.25, -0.2) is 0 Å². The molecule has 0 amide bonds. The van der Waals surface area contributed by atoms with Gasteiger partial charge in [-0.2, -0.15) is 0 Å². The van der Waals surface area contributed by atoms with Crippen LogP contribution in [0.2, 0.25) is 0 Å². The number of aliphatic hydroxyl groups excluding tert-OH is 17. The Kier molecular flexibility index (Phi) is 21.7. The fourth-order valence-corrected chi connectivity index (χ4v) is 9.10. The Labute approximate surface area is 373 Å². The summed E-state index contributed by atoms with van der Waals surface area (Å²) in [5.41, 5.74) is 0. The molecule has 17 N–H and O–H groups in total. The third-order valence-electron chi connectivity index (χ3n) is 13.2. The number of hydrogen-bond donors (Lipinski definition) is 17. The maximum Gasteiger partial charge on any atom is 0.111 e. The summed E-state index contributed by atoms with van der Waals surface area (Å²) in [5.74, 6) is -3.95. The molecule has 0 aromatic carbocycles. The van der Waals surface area contributed by atoms with Crippen LogP contribution in [0.25, 0.3) is 0 Å². The Morgan fingerprint density at radius 3 is 0.646 bits per heavy atom. The molecule has 25 unspecified atom stereocenters. The predicted octanol–water partition coefficient (Wildman–Crippen LogP) is -10.7. The fourth-order valence-electron chi connectivity index (χ4n) is 9.10. The standard InChI is InChI=1S/C39H70O26/c40-1-19-15(29(46)33(50)23(5-44)61-19)7-57-11-25-35(52)30(47)16(20(2-41)62-25)8-58-12-26-36(53)31(48)17(21(3-42)63-26)9-59-13-27-37(54)32(49)18(22(4-43)64-27)10-60-14-28-38(55)39(56)34(51)24(6-45)65-28/h15-56H,1-14H2. The lowest BCUT2D eigenvalue weighted by Crippen LogP contribution is -2.60. The summed E-state index contributed by atoms with van der Waals surface area (Å²) in [5, 5.41) is 175. The van der Waals surface area contributed by atoms with E-state index in [1.807, 2.05) is 0 Å². The average Bonchev–Trinajstić information content (AvgIpc) is 3.30. The van der Waals surface area contributed by atoms with Crippen molar-refractivity contribution in [2.75, 3.05) is 92.5 Å². The minimum absolute atomic E-state index is 0.273. The van der Waals surface area contributed by atoms with Crippen molar-refractivity contribution in [1.29, 1.82) is 0 Å². The van der Waals surface area contributed by atoms with Gasteiger partial charge in [0.15, 0.2) is 0 Å². The second-order valence-electron chi connectivity index (χ2n) is 17.4. The normalized spacial score (nSPS) is 47.5. The average molecular weight is 955 g/mol. The van der Waals surface area contributed by atoms with Crippen molar-refractivity contribution in [3.63, 3.8) is 0 Å². The molecule has 5 aliphatic rings. The zero-order chi connectivity index (χ0) is 47.7. The first-order valence-corrected chi connectivity index (χ1v) is 21.8. The molecule has 25 atom stereocenters. The molecular formula is C39H70O26. The molecule has 5 rings (SSSR count). The summed E-state index contributed by atoms with van der Waals surface area (Å²) in [7, 11) is 0. The van der Waals surface area contributed by atoms with Crippen molar-refractivity contribution in [3.8, 4) is 0 Å². The molecule has 0 saturated carbocycles. The zero-order valence-corrected chi connectivity index (χ0v) is 35.6. The van der Waals surface area contributed by atoms with Crippen LogP contribution in [0.4, 0.5) is 0 Å². The highest BCUT2D eigenvalue weighted by Gasteiger charge is 2.50. The maximum atomic E-state index is 11.1. The number of ether oxygens (including phenoxy) is 9. The minimum Gasteiger partial charge on any atom is -0.394 e. The summed E-state index contributed by atoms with van der Waals surface area (Å²) in [6, 6.07) is 0. The largest absolute Gasteiger partial charge is 0.394 e. The van der Waals surface area contributed by atoms with E-state index in [1.165, 1.54) is 0 Å². The number of rotatable bonds is 22. The lowest BCUT2D eigenvalue weighted by Gasteiger charge is -2.44. The first-order valence-electron chi connectivity index (χ1n) is 21.8. The van der Waals surface area contributed by atoms with Gasteiger partial charge < -0.3 is 129 Å². The quantitative estimate of drug-likeness (QED) is 0.0479. The first-order chi connectivity index (χ1) is 31.1. The topological polar surface area (TPSA) is 427 Å². The maximum absolute atomic E-state index is 11.1. The molecular weight excluding hydrogens is 884 g/mol. The molecule has 0 radical (unpaired) electrons. The van der Waals surface area contributed by atoms with E-state index in [9.17, 15) is 86.8 Å². The molecule has 0 aromatic rings. The van der Waals surface area contributed by atoms with Crippen LogP contribution in [0.3, 0.4) is 0 Å². The van der Waals surface area contributed by atoms with Gasteiger partial charge in [0.25, 0.3) is 0 Å². The van der Waals surface area contributed by atoms with Gasteiger partial charge in [0.05, 0.1) is 141 Å². The summed E-state index contributed by atoms with van der Waals surface area (Å²) in [6.07, 6.45) is -28.2. The Balaban J connectivity index is 1.05. The highest BCUT2D eigenvalue weighted by atomic mass is 16.6. The molecule has 0 aromatic heterocycles. The summed E-state index contributed by atoms with van der Waals surface area (Å²) in [4.78, 5) is 0. The predicted molar refractivity (Wildman–Crippen MR) is 209 cm³/mol. The molecule has 0 spiro atoms. The Hall–Kier alpha value is -1.04. The Morgan fingerprint density at radius 2 is 0.400 bits per heavy atom. The lowest BCUT2D eigenvalue weighted by atomic mass is 9.86. The third kappa shape index (κ3) is 12.8. The lowest BCUT2D eigenvalue weighted by molar-refractivity contribution is -0.254. The van der Waals surface area contributed by atoms with Crippen LogP contribution in [-0.4, -0.2) is 307 Å². The van der Waals surface area contributed by atoms with E-state index in [1.54, 1.807) is 0 Å². The first kappa shape index (κ1) is 54.9. The van der Waals surface area contributed by atoms with E-state index >= 15 is 0 Å². The van der Waals surface area contributed by atoms with Crippen molar-refractivity contribution >= 4 is 0 Å². The summed E-state index contributed by atoms with van der Waals surface area (Å²) in [6.45, 7) is -6.38. The van der Waals surface area contributed by atoms with Crippen LogP contribution in [0.1, 0.15) is 0 Å². The van der Waals surface area contributed by atoms with Crippen LogP contribution in [0.15, 0.2) is 0 Å². The van der Waals surface area contributed by atoms with Crippen molar-refractivity contribution < 1.29 is 129 Å². The van der Waals surface area contributed by atoms with Gasteiger partial charge in [0.1, 0.15) is 79.4 Å². The van der Waals surface area contributed by atoms with E-state index in [0.717, 1.165) is 0 Å². The van der Waals surface area contributed by atoms with Crippen LogP contribution in [-0.2, 0) is 42.6 Å². The second kappa shape index (κ2) is 25.7. The smallest absolute Gasteiger partial charge is 0.111 e. The van der Waals surface area contributed by atoms with Gasteiger partial charge in [-0.15, -0.1) is 0 Å². The molecule has 26 nitrogen and oxygen atoms in total. The fraction of sp³-hybridized carbons (Fsp3) is 1.00. The third-order valence-corrected chi connectivity index (χ3v) is 13.2. The monoisotopic (exact) mass is 954 g/mol. The van der Waals surface area contributed by atoms with Gasteiger partial charge in [-0.05, 0) is 0 Å². The summed E-state index contributed by atoms with van der Waals surface area (Å²) >= 11 is 0. The van der Waals surface area contributed by atoms with Crippen LogP contribution < -0.4 is 0 Å².